The summed E-state index contributed by atoms with van der Waals surface area (Å²) in [6, 6.07) is 5.14. The Labute approximate surface area is 117 Å². The molecule has 0 bridgehead atoms. The molecule has 0 aliphatic heterocycles. The lowest BCUT2D eigenvalue weighted by Gasteiger charge is -2.12. The van der Waals surface area contributed by atoms with Gasteiger partial charge >= 0.3 is 0 Å². The first-order chi connectivity index (χ1) is 8.00. The van der Waals surface area contributed by atoms with E-state index in [1.165, 1.54) is 17.4 Å². The summed E-state index contributed by atoms with van der Waals surface area (Å²) in [6.07, 6.45) is -1.33. The monoisotopic (exact) mass is 382 g/mol. The molecule has 0 aliphatic rings. The summed E-state index contributed by atoms with van der Waals surface area (Å²) in [5.74, 6) is -1.52. The maximum absolute atomic E-state index is 13.5. The fourth-order valence-corrected chi connectivity index (χ4v) is 4.35. The average molecular weight is 384 g/mol. The van der Waals surface area contributed by atoms with Crippen molar-refractivity contribution >= 4 is 43.2 Å². The van der Waals surface area contributed by atoms with E-state index in [2.05, 4.69) is 31.9 Å². The largest absolute Gasteiger partial charge is 0.383 e. The molecule has 1 nitrogen and oxygen atoms in total. The molecule has 0 radical (unpaired) electrons. The van der Waals surface area contributed by atoms with Gasteiger partial charge in [-0.25, -0.2) is 8.78 Å². The molecule has 1 aromatic heterocycles. The molecule has 0 saturated heterocycles. The Morgan fingerprint density at radius 3 is 2.24 bits per heavy atom. The second-order valence-corrected chi connectivity index (χ2v) is 7.07. The fourth-order valence-electron chi connectivity index (χ4n) is 1.47. The second-order valence-electron chi connectivity index (χ2n) is 3.32. The van der Waals surface area contributed by atoms with Gasteiger partial charge in [-0.05, 0) is 50.1 Å². The molecule has 0 fully saturated rings. The standard InChI is InChI=1S/C11H6Br2F2OS/c12-8-4-5(11(13)17-8)10(16)9-6(14)2-1-3-7(9)15/h1-4,10,16H. The van der Waals surface area contributed by atoms with Crippen LogP contribution in [0.15, 0.2) is 31.8 Å². The van der Waals surface area contributed by atoms with Crippen LogP contribution in [0.25, 0.3) is 0 Å². The van der Waals surface area contributed by atoms with E-state index in [0.717, 1.165) is 15.9 Å². The highest BCUT2D eigenvalue weighted by Gasteiger charge is 2.22. The van der Waals surface area contributed by atoms with Gasteiger partial charge < -0.3 is 5.11 Å². The van der Waals surface area contributed by atoms with Crippen LogP contribution in [0.5, 0.6) is 0 Å². The Bertz CT molecular complexity index is 536. The van der Waals surface area contributed by atoms with Crippen LogP contribution >= 0.6 is 43.2 Å². The lowest BCUT2D eigenvalue weighted by atomic mass is 10.0. The van der Waals surface area contributed by atoms with Gasteiger partial charge in [-0.3, -0.25) is 0 Å². The summed E-state index contributed by atoms with van der Waals surface area (Å²) in [7, 11) is 0. The van der Waals surface area contributed by atoms with Gasteiger partial charge in [0, 0.05) is 5.56 Å². The van der Waals surface area contributed by atoms with Crippen LogP contribution in [0.1, 0.15) is 17.2 Å². The Kier molecular flexibility index (Phi) is 3.97. The number of halogens is 4. The molecular formula is C11H6Br2F2OS. The van der Waals surface area contributed by atoms with E-state index < -0.39 is 17.7 Å². The minimum atomic E-state index is -1.33. The van der Waals surface area contributed by atoms with Crippen molar-refractivity contribution < 1.29 is 13.9 Å². The third-order valence-corrected chi connectivity index (χ3v) is 4.64. The van der Waals surface area contributed by atoms with Gasteiger partial charge in [0.05, 0.1) is 13.1 Å². The van der Waals surface area contributed by atoms with E-state index in [1.807, 2.05) is 0 Å². The third kappa shape index (κ3) is 2.59. The van der Waals surface area contributed by atoms with Crippen LogP contribution in [0.4, 0.5) is 8.78 Å². The molecule has 0 spiro atoms. The zero-order valence-corrected chi connectivity index (χ0v) is 12.2. The quantitative estimate of drug-likeness (QED) is 0.801. The van der Waals surface area contributed by atoms with E-state index in [0.29, 0.717) is 9.35 Å². The summed E-state index contributed by atoms with van der Waals surface area (Å²) < 4.78 is 28.4. The van der Waals surface area contributed by atoms with E-state index in [9.17, 15) is 13.9 Å². The Balaban J connectivity index is 2.51. The fraction of sp³-hybridized carbons (Fsp3) is 0.0909. The Morgan fingerprint density at radius 1 is 1.18 bits per heavy atom. The van der Waals surface area contributed by atoms with E-state index in [-0.39, 0.29) is 5.56 Å². The molecule has 1 N–H and O–H groups in total. The van der Waals surface area contributed by atoms with Crippen LogP contribution in [-0.2, 0) is 0 Å². The van der Waals surface area contributed by atoms with Gasteiger partial charge in [0.15, 0.2) is 0 Å². The van der Waals surface area contributed by atoms with E-state index >= 15 is 0 Å². The van der Waals surface area contributed by atoms with Crippen molar-refractivity contribution in [3.63, 3.8) is 0 Å². The topological polar surface area (TPSA) is 20.2 Å². The highest BCUT2D eigenvalue weighted by Crippen LogP contribution is 2.38. The smallest absolute Gasteiger partial charge is 0.132 e. The summed E-state index contributed by atoms with van der Waals surface area (Å²) in [5.41, 5.74) is 0.101. The molecule has 2 aromatic rings. The molecule has 6 heteroatoms. The molecule has 0 saturated carbocycles. The maximum Gasteiger partial charge on any atom is 0.132 e. The second kappa shape index (κ2) is 5.14. The number of rotatable bonds is 2. The molecule has 90 valence electrons. The SMILES string of the molecule is OC(c1cc(Br)sc1Br)c1c(F)cccc1F. The molecule has 1 heterocycles. The van der Waals surface area contributed by atoms with Crippen molar-refractivity contribution in [2.24, 2.45) is 0 Å². The average Bonchev–Trinajstić information content (AvgIpc) is 2.57. The van der Waals surface area contributed by atoms with Crippen molar-refractivity contribution in [3.05, 3.63) is 54.6 Å². The molecule has 1 aromatic carbocycles. The van der Waals surface area contributed by atoms with Crippen LogP contribution in [0.2, 0.25) is 0 Å². The normalized spacial score (nSPS) is 12.8. The van der Waals surface area contributed by atoms with Crippen LogP contribution in [0.3, 0.4) is 0 Å². The minimum absolute atomic E-state index is 0.335. The molecule has 17 heavy (non-hydrogen) atoms. The van der Waals surface area contributed by atoms with E-state index in [1.54, 1.807) is 6.07 Å². The number of thiophene rings is 1. The van der Waals surface area contributed by atoms with Gasteiger partial charge in [-0.1, -0.05) is 6.07 Å². The molecule has 1 unspecified atom stereocenters. The van der Waals surface area contributed by atoms with Crippen molar-refractivity contribution in [1.29, 1.82) is 0 Å². The molecule has 0 aliphatic carbocycles. The number of hydrogen-bond donors (Lipinski definition) is 1. The summed E-state index contributed by atoms with van der Waals surface area (Å²) >= 11 is 7.83. The highest BCUT2D eigenvalue weighted by molar-refractivity contribution is 9.12. The molecule has 0 amide bonds. The van der Waals surface area contributed by atoms with Crippen molar-refractivity contribution in [2.45, 2.75) is 6.10 Å². The lowest BCUT2D eigenvalue weighted by molar-refractivity contribution is 0.209. The van der Waals surface area contributed by atoms with Crippen LogP contribution < -0.4 is 0 Å². The zero-order valence-electron chi connectivity index (χ0n) is 8.25. The predicted octanol–water partition coefficient (Wildman–Crippen LogP) is 4.63. The number of hydrogen-bond acceptors (Lipinski definition) is 2. The van der Waals surface area contributed by atoms with Crippen molar-refractivity contribution in [2.75, 3.05) is 0 Å². The first-order valence-corrected chi connectivity index (χ1v) is 6.97. The predicted molar refractivity (Wildman–Crippen MR) is 70.1 cm³/mol. The van der Waals surface area contributed by atoms with Crippen LogP contribution in [-0.4, -0.2) is 5.11 Å². The summed E-state index contributed by atoms with van der Waals surface area (Å²) in [6.45, 7) is 0. The first-order valence-electron chi connectivity index (χ1n) is 4.57. The molecular weight excluding hydrogens is 378 g/mol. The van der Waals surface area contributed by atoms with Gasteiger partial charge in [0.25, 0.3) is 0 Å². The Morgan fingerprint density at radius 2 is 1.76 bits per heavy atom. The van der Waals surface area contributed by atoms with Gasteiger partial charge in [-0.15, -0.1) is 11.3 Å². The number of benzene rings is 1. The maximum atomic E-state index is 13.5. The summed E-state index contributed by atoms with van der Waals surface area (Å²) in [5, 5.41) is 10.0. The number of aliphatic hydroxyl groups is 1. The minimum Gasteiger partial charge on any atom is -0.383 e. The third-order valence-electron chi connectivity index (χ3n) is 2.25. The van der Waals surface area contributed by atoms with Gasteiger partial charge in [0.2, 0.25) is 0 Å². The Hall–Kier alpha value is -0.300. The van der Waals surface area contributed by atoms with Gasteiger partial charge in [-0.2, -0.15) is 0 Å². The highest BCUT2D eigenvalue weighted by atomic mass is 79.9. The molecule has 2 rings (SSSR count). The molecule has 1 atom stereocenters. The number of aliphatic hydroxyl groups excluding tert-OH is 1. The van der Waals surface area contributed by atoms with E-state index in [4.69, 9.17) is 0 Å². The van der Waals surface area contributed by atoms with Crippen molar-refractivity contribution in [3.8, 4) is 0 Å². The summed E-state index contributed by atoms with van der Waals surface area (Å²) in [4.78, 5) is 0. The van der Waals surface area contributed by atoms with Gasteiger partial charge in [0.1, 0.15) is 17.7 Å². The van der Waals surface area contributed by atoms with Crippen LogP contribution in [0, 0.1) is 11.6 Å². The van der Waals surface area contributed by atoms with Crippen molar-refractivity contribution in [1.82, 2.24) is 0 Å². The first kappa shape index (κ1) is 13.1. The zero-order chi connectivity index (χ0) is 12.6. The lowest BCUT2D eigenvalue weighted by Crippen LogP contribution is -2.05.